The highest BCUT2D eigenvalue weighted by molar-refractivity contribution is 5.93. The van der Waals surface area contributed by atoms with E-state index in [2.05, 4.69) is 19.0 Å². The second-order valence-electron chi connectivity index (χ2n) is 7.97. The molecule has 4 atom stereocenters. The van der Waals surface area contributed by atoms with Gasteiger partial charge < -0.3 is 19.1 Å². The van der Waals surface area contributed by atoms with E-state index in [4.69, 9.17) is 9.26 Å². The molecule has 2 bridgehead atoms. The molecule has 0 unspecified atom stereocenters. The fourth-order valence-corrected chi connectivity index (χ4v) is 4.76. The molecule has 7 nitrogen and oxygen atoms in total. The van der Waals surface area contributed by atoms with Gasteiger partial charge in [0, 0.05) is 19.7 Å². The van der Waals surface area contributed by atoms with Crippen LogP contribution in [0.1, 0.15) is 32.4 Å². The van der Waals surface area contributed by atoms with Gasteiger partial charge >= 0.3 is 0 Å². The van der Waals surface area contributed by atoms with E-state index in [-0.39, 0.29) is 17.9 Å². The van der Waals surface area contributed by atoms with Gasteiger partial charge in [-0.1, -0.05) is 44.0 Å². The third-order valence-electron chi connectivity index (χ3n) is 6.36. The lowest BCUT2D eigenvalue weighted by Crippen LogP contribution is -2.44. The van der Waals surface area contributed by atoms with Gasteiger partial charge in [-0.05, 0) is 5.92 Å². The lowest BCUT2D eigenvalue weighted by atomic mass is 9.76. The van der Waals surface area contributed by atoms with Crippen molar-refractivity contribution < 1.29 is 18.8 Å². The van der Waals surface area contributed by atoms with Gasteiger partial charge in [-0.3, -0.25) is 9.59 Å². The smallest absolute Gasteiger partial charge is 0.230 e. The number of hydrogen-bond donors (Lipinski definition) is 0. The molecule has 0 radical (unpaired) electrons. The Labute approximate surface area is 159 Å². The molecule has 0 aliphatic carbocycles. The maximum absolute atomic E-state index is 13.2. The Bertz CT molecular complexity index is 742. The Morgan fingerprint density at radius 1 is 1.44 bits per heavy atom. The van der Waals surface area contributed by atoms with E-state index in [1.54, 1.807) is 24.2 Å². The van der Waals surface area contributed by atoms with Crippen LogP contribution in [0.3, 0.4) is 0 Å². The minimum absolute atomic E-state index is 0.0557. The third kappa shape index (κ3) is 2.88. The topological polar surface area (TPSA) is 75.9 Å². The second kappa shape index (κ2) is 6.78. The summed E-state index contributed by atoms with van der Waals surface area (Å²) < 4.78 is 11.3. The molecule has 2 amide bonds. The Morgan fingerprint density at radius 2 is 2.22 bits per heavy atom. The predicted octanol–water partition coefficient (Wildman–Crippen LogP) is 1.85. The number of fused-ring (bicyclic) bond motifs is 1. The van der Waals surface area contributed by atoms with Crippen LogP contribution in [0, 0.1) is 17.8 Å². The molecule has 2 fully saturated rings. The van der Waals surface area contributed by atoms with Crippen molar-refractivity contribution in [3.8, 4) is 0 Å². The van der Waals surface area contributed by atoms with Crippen LogP contribution in [-0.2, 0) is 20.9 Å². The maximum atomic E-state index is 13.2. The lowest BCUT2D eigenvalue weighted by Gasteiger charge is -2.27. The molecule has 3 aliphatic heterocycles. The van der Waals surface area contributed by atoms with Crippen LogP contribution in [0.5, 0.6) is 0 Å². The first-order chi connectivity index (χ1) is 13.0. The van der Waals surface area contributed by atoms with Gasteiger partial charge in [-0.25, -0.2) is 0 Å². The lowest BCUT2D eigenvalue weighted by molar-refractivity contribution is -0.143. The van der Waals surface area contributed by atoms with Crippen molar-refractivity contribution in [3.05, 3.63) is 30.2 Å². The number of hydrogen-bond acceptors (Lipinski definition) is 5. The molecule has 0 aromatic carbocycles. The molecule has 1 aromatic rings. The maximum Gasteiger partial charge on any atom is 0.230 e. The van der Waals surface area contributed by atoms with Gasteiger partial charge in [-0.2, -0.15) is 0 Å². The third-order valence-corrected chi connectivity index (χ3v) is 6.36. The largest absolute Gasteiger partial charge is 0.360 e. The summed E-state index contributed by atoms with van der Waals surface area (Å²) in [5, 5.41) is 3.68. The van der Waals surface area contributed by atoms with E-state index in [1.165, 1.54) is 0 Å². The van der Waals surface area contributed by atoms with Crippen molar-refractivity contribution in [2.24, 2.45) is 17.8 Å². The average Bonchev–Trinajstić information content (AvgIpc) is 3.42. The van der Waals surface area contributed by atoms with E-state index in [9.17, 15) is 9.59 Å². The normalized spacial score (nSPS) is 31.2. The summed E-state index contributed by atoms with van der Waals surface area (Å²) in [5.74, 6) is 0.182. The zero-order valence-corrected chi connectivity index (χ0v) is 16.1. The van der Waals surface area contributed by atoms with Gasteiger partial charge in [0.25, 0.3) is 0 Å². The average molecular weight is 373 g/mol. The molecule has 2 saturated heterocycles. The van der Waals surface area contributed by atoms with Crippen LogP contribution in [0.15, 0.2) is 28.9 Å². The number of carbonyl (C=O) groups is 2. The standard InChI is InChI=1S/C20H27N3O4/c1-4-13(5-2)10-23-12-20-8-6-15(26-20)16(17(20)19(23)25)18(24)22(3)11-14-7-9-21-27-14/h6-9,13,15-17H,4-5,10-12H2,1-3H3/t15-,16+,17+,20-/m0/s1. The van der Waals surface area contributed by atoms with Crippen molar-refractivity contribution >= 4 is 11.8 Å². The highest BCUT2D eigenvalue weighted by Crippen LogP contribution is 2.52. The summed E-state index contributed by atoms with van der Waals surface area (Å²) in [6, 6.07) is 1.74. The molecular weight excluding hydrogens is 346 g/mol. The fourth-order valence-electron chi connectivity index (χ4n) is 4.76. The van der Waals surface area contributed by atoms with Crippen molar-refractivity contribution in [2.75, 3.05) is 20.1 Å². The first kappa shape index (κ1) is 18.2. The molecule has 4 rings (SSSR count). The van der Waals surface area contributed by atoms with E-state index in [0.29, 0.717) is 24.8 Å². The molecule has 146 valence electrons. The number of likely N-dealkylation sites (tertiary alicyclic amines) is 1. The van der Waals surface area contributed by atoms with Crippen LogP contribution in [0.25, 0.3) is 0 Å². The summed E-state index contributed by atoms with van der Waals surface area (Å²) >= 11 is 0. The summed E-state index contributed by atoms with van der Waals surface area (Å²) in [6.45, 7) is 5.93. The van der Waals surface area contributed by atoms with Crippen LogP contribution < -0.4 is 0 Å². The number of ether oxygens (including phenoxy) is 1. The minimum atomic E-state index is -0.638. The highest BCUT2D eigenvalue weighted by atomic mass is 16.5. The van der Waals surface area contributed by atoms with Crippen molar-refractivity contribution in [3.63, 3.8) is 0 Å². The first-order valence-corrected chi connectivity index (χ1v) is 9.79. The zero-order valence-electron chi connectivity index (χ0n) is 16.1. The minimum Gasteiger partial charge on any atom is -0.360 e. The molecule has 7 heteroatoms. The second-order valence-corrected chi connectivity index (χ2v) is 7.97. The molecule has 0 saturated carbocycles. The summed E-state index contributed by atoms with van der Waals surface area (Å²) in [6.07, 6.45) is 7.28. The van der Waals surface area contributed by atoms with Crippen LogP contribution in [0.4, 0.5) is 0 Å². The summed E-state index contributed by atoms with van der Waals surface area (Å²) in [4.78, 5) is 29.9. The Balaban J connectivity index is 1.53. The van der Waals surface area contributed by atoms with E-state index >= 15 is 0 Å². The number of aromatic nitrogens is 1. The monoisotopic (exact) mass is 373 g/mol. The number of nitrogens with zero attached hydrogens (tertiary/aromatic N) is 3. The van der Waals surface area contributed by atoms with Gasteiger partial charge in [0.15, 0.2) is 5.76 Å². The van der Waals surface area contributed by atoms with Gasteiger partial charge in [0.1, 0.15) is 5.60 Å². The molecule has 27 heavy (non-hydrogen) atoms. The van der Waals surface area contributed by atoms with Crippen LogP contribution in [-0.4, -0.2) is 58.6 Å². The first-order valence-electron chi connectivity index (χ1n) is 9.79. The fraction of sp³-hybridized carbons (Fsp3) is 0.650. The molecule has 1 spiro atoms. The van der Waals surface area contributed by atoms with E-state index in [0.717, 1.165) is 19.4 Å². The molecule has 4 heterocycles. The van der Waals surface area contributed by atoms with Gasteiger partial charge in [0.2, 0.25) is 11.8 Å². The molecule has 0 N–H and O–H groups in total. The number of rotatable bonds is 7. The molecule has 1 aromatic heterocycles. The molecule has 3 aliphatic rings. The highest BCUT2D eigenvalue weighted by Gasteiger charge is 2.67. The van der Waals surface area contributed by atoms with Gasteiger partial charge in [-0.15, -0.1) is 0 Å². The van der Waals surface area contributed by atoms with Crippen molar-refractivity contribution in [1.29, 1.82) is 0 Å². The zero-order chi connectivity index (χ0) is 19.2. The Morgan fingerprint density at radius 3 is 2.89 bits per heavy atom. The summed E-state index contributed by atoms with van der Waals surface area (Å²) in [5.41, 5.74) is -0.638. The Kier molecular flexibility index (Phi) is 4.58. The van der Waals surface area contributed by atoms with Crippen molar-refractivity contribution in [2.45, 2.75) is 44.9 Å². The molecular formula is C20H27N3O4. The van der Waals surface area contributed by atoms with E-state index in [1.807, 2.05) is 17.1 Å². The number of carbonyl (C=O) groups excluding carboxylic acids is 2. The summed E-state index contributed by atoms with van der Waals surface area (Å²) in [7, 11) is 1.73. The SMILES string of the molecule is CCC(CC)CN1C[C@]23C=C[C@H](O2)[C@@H](C(=O)N(C)Cc2ccno2)[C@@H]3C1=O. The van der Waals surface area contributed by atoms with E-state index < -0.39 is 17.4 Å². The quantitative estimate of drug-likeness (QED) is 0.682. The van der Waals surface area contributed by atoms with Crippen LogP contribution in [0.2, 0.25) is 0 Å². The van der Waals surface area contributed by atoms with Crippen molar-refractivity contribution in [1.82, 2.24) is 15.0 Å². The number of amides is 2. The Hall–Kier alpha value is -2.15. The van der Waals surface area contributed by atoms with Gasteiger partial charge in [0.05, 0.1) is 37.2 Å². The predicted molar refractivity (Wildman–Crippen MR) is 97.4 cm³/mol. The van der Waals surface area contributed by atoms with Crippen LogP contribution >= 0.6 is 0 Å².